The molecule has 0 radical (unpaired) electrons. The first-order valence-electron chi connectivity index (χ1n) is 9.06. The number of carbonyl (C=O) groups is 1. The minimum Gasteiger partial charge on any atom is -0.477 e. The van der Waals surface area contributed by atoms with Crippen molar-refractivity contribution in [2.75, 3.05) is 11.1 Å². The van der Waals surface area contributed by atoms with Gasteiger partial charge in [0.15, 0.2) is 0 Å². The predicted octanol–water partition coefficient (Wildman–Crippen LogP) is 4.27. The van der Waals surface area contributed by atoms with Crippen molar-refractivity contribution in [1.82, 2.24) is 4.57 Å². The number of nitrogens with zero attached hydrogens (tertiary/aromatic N) is 1. The molecule has 4 N–H and O–H groups in total. The lowest BCUT2D eigenvalue weighted by atomic mass is 10.1. The number of pyridine rings is 1. The summed E-state index contributed by atoms with van der Waals surface area (Å²) in [5.74, 6) is -2.06. The Morgan fingerprint density at radius 3 is 2.68 bits per heavy atom. The summed E-state index contributed by atoms with van der Waals surface area (Å²) in [5.41, 5.74) is 7.20. The van der Waals surface area contributed by atoms with Gasteiger partial charge < -0.3 is 20.7 Å². The number of aryl methyl sites for hydroxylation is 2. The number of hydrogen-bond acceptors (Lipinski definition) is 4. The zero-order valence-electron chi connectivity index (χ0n) is 15.8. The van der Waals surface area contributed by atoms with Crippen LogP contribution in [0.1, 0.15) is 35.7 Å². The summed E-state index contributed by atoms with van der Waals surface area (Å²) in [4.78, 5) is 24.0. The molecule has 3 rings (SSSR count). The van der Waals surface area contributed by atoms with Gasteiger partial charge in [-0.1, -0.05) is 31.5 Å². The Kier molecular flexibility index (Phi) is 5.35. The summed E-state index contributed by atoms with van der Waals surface area (Å²) >= 11 is 0. The summed E-state index contributed by atoms with van der Waals surface area (Å²) in [6.45, 7) is 4.35. The van der Waals surface area contributed by atoms with Gasteiger partial charge in [0.2, 0.25) is 5.43 Å². The molecule has 0 fully saturated rings. The first kappa shape index (κ1) is 19.4. The quantitative estimate of drug-likeness (QED) is 0.552. The van der Waals surface area contributed by atoms with E-state index >= 15 is 0 Å². The van der Waals surface area contributed by atoms with Crippen molar-refractivity contribution in [2.24, 2.45) is 0 Å². The van der Waals surface area contributed by atoms with Gasteiger partial charge in [0.05, 0.1) is 16.6 Å². The Morgan fingerprint density at radius 1 is 1.32 bits per heavy atom. The Morgan fingerprint density at radius 2 is 2.04 bits per heavy atom. The molecule has 0 aliphatic heterocycles. The lowest BCUT2D eigenvalue weighted by Crippen LogP contribution is -2.20. The first-order chi connectivity index (χ1) is 13.3. The zero-order chi connectivity index (χ0) is 20.4. The third kappa shape index (κ3) is 3.43. The number of nitrogens with two attached hydrogens (primary N) is 1. The van der Waals surface area contributed by atoms with Crippen LogP contribution in [0.2, 0.25) is 0 Å². The van der Waals surface area contributed by atoms with Crippen molar-refractivity contribution in [3.8, 4) is 0 Å². The number of carboxylic acids is 1. The van der Waals surface area contributed by atoms with Gasteiger partial charge in [0, 0.05) is 18.4 Å². The molecule has 0 aliphatic rings. The Labute approximate surface area is 161 Å². The summed E-state index contributed by atoms with van der Waals surface area (Å²) in [7, 11) is 0. The number of benzene rings is 2. The van der Waals surface area contributed by atoms with Crippen molar-refractivity contribution in [1.29, 1.82) is 0 Å². The second-order valence-corrected chi connectivity index (χ2v) is 6.71. The van der Waals surface area contributed by atoms with Gasteiger partial charge in [-0.05, 0) is 31.0 Å². The number of anilines is 3. The van der Waals surface area contributed by atoms with E-state index in [0.717, 1.165) is 24.5 Å². The van der Waals surface area contributed by atoms with Crippen LogP contribution in [0.15, 0.2) is 41.3 Å². The number of unbranched alkanes of at least 4 members (excludes halogenated alkanes) is 1. The van der Waals surface area contributed by atoms with Gasteiger partial charge in [0.25, 0.3) is 0 Å². The molecule has 0 saturated carbocycles. The highest BCUT2D eigenvalue weighted by Crippen LogP contribution is 2.34. The molecule has 1 aromatic heterocycles. The molecule has 6 nitrogen and oxygen atoms in total. The van der Waals surface area contributed by atoms with Crippen LogP contribution in [0.5, 0.6) is 0 Å². The Hall–Kier alpha value is -3.35. The lowest BCUT2D eigenvalue weighted by molar-refractivity contribution is 0.0695. The molecule has 0 amide bonds. The second kappa shape index (κ2) is 7.72. The fourth-order valence-corrected chi connectivity index (χ4v) is 3.20. The average Bonchev–Trinajstić information content (AvgIpc) is 2.66. The normalized spacial score (nSPS) is 11.0. The molecular formula is C21H22FN3O3. The fourth-order valence-electron chi connectivity index (χ4n) is 3.20. The highest BCUT2D eigenvalue weighted by atomic mass is 19.1. The maximum atomic E-state index is 14.9. The van der Waals surface area contributed by atoms with Gasteiger partial charge in [-0.15, -0.1) is 0 Å². The molecule has 0 saturated heterocycles. The fraction of sp³-hybridized carbons (Fsp3) is 0.238. The van der Waals surface area contributed by atoms with Crippen LogP contribution < -0.4 is 16.5 Å². The van der Waals surface area contributed by atoms with Gasteiger partial charge in [-0.3, -0.25) is 4.79 Å². The number of aromatic nitrogens is 1. The molecule has 2 aromatic carbocycles. The van der Waals surface area contributed by atoms with Gasteiger partial charge in [-0.25, -0.2) is 9.18 Å². The smallest absolute Gasteiger partial charge is 0.341 e. The van der Waals surface area contributed by atoms with E-state index in [2.05, 4.69) is 5.32 Å². The van der Waals surface area contributed by atoms with E-state index in [1.165, 1.54) is 6.20 Å². The molecule has 28 heavy (non-hydrogen) atoms. The molecule has 0 atom stereocenters. The number of rotatable bonds is 6. The molecule has 1 heterocycles. The van der Waals surface area contributed by atoms with Crippen molar-refractivity contribution >= 4 is 33.9 Å². The number of halogens is 1. The van der Waals surface area contributed by atoms with E-state index in [4.69, 9.17) is 5.73 Å². The third-order valence-corrected chi connectivity index (χ3v) is 4.74. The first-order valence-corrected chi connectivity index (χ1v) is 9.06. The van der Waals surface area contributed by atoms with Crippen LogP contribution in [0, 0.1) is 12.7 Å². The molecule has 0 spiro atoms. The molecule has 146 valence electrons. The van der Waals surface area contributed by atoms with Crippen molar-refractivity contribution in [3.63, 3.8) is 0 Å². The summed E-state index contributed by atoms with van der Waals surface area (Å²) in [6, 6.07) is 8.44. The largest absolute Gasteiger partial charge is 0.477 e. The van der Waals surface area contributed by atoms with Crippen LogP contribution in [0.4, 0.5) is 21.5 Å². The maximum Gasteiger partial charge on any atom is 0.341 e. The second-order valence-electron chi connectivity index (χ2n) is 6.71. The van der Waals surface area contributed by atoms with Crippen molar-refractivity contribution in [3.05, 3.63) is 63.7 Å². The Bertz CT molecular complexity index is 1120. The monoisotopic (exact) mass is 383 g/mol. The minimum atomic E-state index is -1.35. The number of fused-ring (bicyclic) bond motifs is 1. The molecule has 0 aliphatic carbocycles. The van der Waals surface area contributed by atoms with E-state index < -0.39 is 22.8 Å². The van der Waals surface area contributed by atoms with Crippen molar-refractivity contribution in [2.45, 2.75) is 33.2 Å². The maximum absolute atomic E-state index is 14.9. The predicted molar refractivity (Wildman–Crippen MR) is 109 cm³/mol. The van der Waals surface area contributed by atoms with E-state index in [1.807, 2.05) is 32.0 Å². The third-order valence-electron chi connectivity index (χ3n) is 4.74. The topological polar surface area (TPSA) is 97.3 Å². The van der Waals surface area contributed by atoms with Crippen LogP contribution in [-0.4, -0.2) is 15.6 Å². The minimum absolute atomic E-state index is 0.0404. The summed E-state index contributed by atoms with van der Waals surface area (Å²) in [6.07, 6.45) is 2.91. The molecule has 3 aromatic rings. The van der Waals surface area contributed by atoms with E-state index in [1.54, 1.807) is 10.6 Å². The summed E-state index contributed by atoms with van der Waals surface area (Å²) in [5, 5.41) is 12.3. The molecule has 0 bridgehead atoms. The highest BCUT2D eigenvalue weighted by Gasteiger charge is 2.20. The molecular weight excluding hydrogens is 361 g/mol. The van der Waals surface area contributed by atoms with E-state index in [9.17, 15) is 19.1 Å². The molecule has 7 heteroatoms. The number of nitrogens with one attached hydrogen (secondary N) is 1. The Balaban J connectivity index is 2.29. The standard InChI is InChI=1S/C21H22FN3O3/c1-3-4-9-25-11-14(21(27)28)20(26)13-10-15(22)18(17(23)19(13)25)24-16-8-6-5-7-12(16)2/h5-8,10-11,24H,3-4,9,23H2,1-2H3,(H,27,28). The van der Waals surface area contributed by atoms with Crippen LogP contribution in [-0.2, 0) is 6.54 Å². The number of carboxylic acid groups (broad SMARTS) is 1. The van der Waals surface area contributed by atoms with Crippen LogP contribution in [0.3, 0.4) is 0 Å². The summed E-state index contributed by atoms with van der Waals surface area (Å²) < 4.78 is 16.5. The van der Waals surface area contributed by atoms with E-state index in [0.29, 0.717) is 17.7 Å². The average molecular weight is 383 g/mol. The molecule has 0 unspecified atom stereocenters. The lowest BCUT2D eigenvalue weighted by Gasteiger charge is -2.18. The SMILES string of the molecule is CCCCn1cc(C(=O)O)c(=O)c2cc(F)c(Nc3ccccc3C)c(N)c21. The van der Waals surface area contributed by atoms with Gasteiger partial charge in [-0.2, -0.15) is 0 Å². The highest BCUT2D eigenvalue weighted by molar-refractivity contribution is 6.01. The number of aromatic carboxylic acids is 1. The van der Waals surface area contributed by atoms with Gasteiger partial charge in [0.1, 0.15) is 17.1 Å². The van der Waals surface area contributed by atoms with Gasteiger partial charge >= 0.3 is 5.97 Å². The number of nitrogen functional groups attached to an aromatic ring is 1. The zero-order valence-corrected chi connectivity index (χ0v) is 15.8. The number of hydrogen-bond donors (Lipinski definition) is 3. The number of para-hydroxylation sites is 1. The van der Waals surface area contributed by atoms with Crippen LogP contribution in [0.25, 0.3) is 10.9 Å². The van der Waals surface area contributed by atoms with Crippen molar-refractivity contribution < 1.29 is 14.3 Å². The van der Waals surface area contributed by atoms with E-state index in [-0.39, 0.29) is 16.8 Å². The van der Waals surface area contributed by atoms with Crippen LogP contribution >= 0.6 is 0 Å².